The van der Waals surface area contributed by atoms with Gasteiger partial charge in [0.1, 0.15) is 5.15 Å². The Bertz CT molecular complexity index is 723. The first kappa shape index (κ1) is 13.9. The maximum Gasteiger partial charge on any atom is 0.282 e. The molecule has 0 fully saturated rings. The van der Waals surface area contributed by atoms with Crippen molar-refractivity contribution in [3.63, 3.8) is 0 Å². The Labute approximate surface area is 117 Å². The van der Waals surface area contributed by atoms with Crippen LogP contribution in [0.4, 0.5) is 5.69 Å². The topological polar surface area (TPSA) is 64.0 Å². The van der Waals surface area contributed by atoms with E-state index < -0.39 is 10.0 Å². The number of aromatic nitrogens is 2. The first-order valence-electron chi connectivity index (χ1n) is 5.59. The van der Waals surface area contributed by atoms with Gasteiger partial charge < -0.3 is 4.57 Å². The first-order chi connectivity index (χ1) is 8.83. The minimum atomic E-state index is -3.78. The van der Waals surface area contributed by atoms with Crippen LogP contribution < -0.4 is 4.72 Å². The molecule has 0 aliphatic heterocycles. The molecule has 0 unspecified atom stereocenters. The van der Waals surface area contributed by atoms with E-state index in [0.29, 0.717) is 5.69 Å². The molecular formula is C12H14ClN3O2S. The Balaban J connectivity index is 2.42. The van der Waals surface area contributed by atoms with E-state index in [1.807, 2.05) is 19.9 Å². The van der Waals surface area contributed by atoms with Crippen LogP contribution in [0, 0.1) is 13.8 Å². The van der Waals surface area contributed by atoms with Crippen LogP contribution in [0.3, 0.4) is 0 Å². The zero-order chi connectivity index (χ0) is 14.2. The summed E-state index contributed by atoms with van der Waals surface area (Å²) >= 11 is 5.91. The monoisotopic (exact) mass is 299 g/mol. The summed E-state index contributed by atoms with van der Waals surface area (Å²) in [6.07, 6.45) is 1.36. The van der Waals surface area contributed by atoms with Crippen molar-refractivity contribution in [3.8, 4) is 0 Å². The summed E-state index contributed by atoms with van der Waals surface area (Å²) in [5.41, 5.74) is 2.41. The highest BCUT2D eigenvalue weighted by atomic mass is 35.5. The predicted molar refractivity (Wildman–Crippen MR) is 74.9 cm³/mol. The molecule has 0 atom stereocenters. The van der Waals surface area contributed by atoms with E-state index in [4.69, 9.17) is 11.6 Å². The van der Waals surface area contributed by atoms with Gasteiger partial charge in [0.25, 0.3) is 10.0 Å². The second-order valence-corrected chi connectivity index (χ2v) is 6.26. The number of aryl methyl sites for hydroxylation is 2. The maximum absolute atomic E-state index is 12.2. The third-order valence-electron chi connectivity index (χ3n) is 2.94. The number of nitrogens with one attached hydrogen (secondary N) is 1. The molecule has 1 N–H and O–H groups in total. The third-order valence-corrected chi connectivity index (χ3v) is 4.79. The average molecular weight is 300 g/mol. The number of nitrogens with zero attached hydrogens (tertiary/aromatic N) is 2. The molecule has 0 saturated heterocycles. The Morgan fingerprint density at radius 2 is 2.00 bits per heavy atom. The van der Waals surface area contributed by atoms with Crippen LogP contribution in [0.2, 0.25) is 5.15 Å². The molecule has 102 valence electrons. The van der Waals surface area contributed by atoms with Gasteiger partial charge in [-0.1, -0.05) is 23.7 Å². The molecule has 0 saturated carbocycles. The fraction of sp³-hybridized carbons (Fsp3) is 0.250. The third kappa shape index (κ3) is 2.59. The lowest BCUT2D eigenvalue weighted by atomic mass is 10.1. The fourth-order valence-electron chi connectivity index (χ4n) is 1.63. The van der Waals surface area contributed by atoms with E-state index in [0.717, 1.165) is 11.1 Å². The van der Waals surface area contributed by atoms with Crippen molar-refractivity contribution in [1.82, 2.24) is 9.55 Å². The molecule has 5 nitrogen and oxygen atoms in total. The van der Waals surface area contributed by atoms with Gasteiger partial charge in [-0.15, -0.1) is 0 Å². The molecule has 0 spiro atoms. The highest BCUT2D eigenvalue weighted by Gasteiger charge is 2.23. The fourth-order valence-corrected chi connectivity index (χ4v) is 3.18. The maximum atomic E-state index is 12.2. The number of imidazole rings is 1. The number of benzene rings is 1. The van der Waals surface area contributed by atoms with Gasteiger partial charge in [0.15, 0.2) is 0 Å². The molecular weight excluding hydrogens is 286 g/mol. The van der Waals surface area contributed by atoms with Crippen molar-refractivity contribution < 1.29 is 8.42 Å². The number of hydrogen-bond donors (Lipinski definition) is 1. The van der Waals surface area contributed by atoms with Crippen LogP contribution in [0.25, 0.3) is 0 Å². The molecule has 2 rings (SSSR count). The minimum Gasteiger partial charge on any atom is -0.324 e. The van der Waals surface area contributed by atoms with Gasteiger partial charge >= 0.3 is 0 Å². The van der Waals surface area contributed by atoms with Crippen molar-refractivity contribution >= 4 is 27.3 Å². The number of hydrogen-bond acceptors (Lipinski definition) is 3. The molecule has 0 bridgehead atoms. The Hall–Kier alpha value is -1.53. The molecule has 0 amide bonds. The Kier molecular flexibility index (Phi) is 3.56. The van der Waals surface area contributed by atoms with Crippen molar-refractivity contribution in [2.75, 3.05) is 4.72 Å². The Morgan fingerprint density at radius 1 is 1.32 bits per heavy atom. The number of halogens is 1. The second kappa shape index (κ2) is 4.86. The van der Waals surface area contributed by atoms with Gasteiger partial charge in [-0.2, -0.15) is 8.42 Å². The van der Waals surface area contributed by atoms with Crippen LogP contribution in [0.1, 0.15) is 11.1 Å². The molecule has 1 aromatic heterocycles. The summed E-state index contributed by atoms with van der Waals surface area (Å²) in [6, 6.07) is 5.41. The van der Waals surface area contributed by atoms with E-state index in [-0.39, 0.29) is 10.2 Å². The van der Waals surface area contributed by atoms with Gasteiger partial charge in [0.05, 0.1) is 12.0 Å². The highest BCUT2D eigenvalue weighted by molar-refractivity contribution is 7.92. The number of anilines is 1. The summed E-state index contributed by atoms with van der Waals surface area (Å²) in [5.74, 6) is 0. The molecule has 0 aliphatic carbocycles. The summed E-state index contributed by atoms with van der Waals surface area (Å²) in [4.78, 5) is 3.82. The van der Waals surface area contributed by atoms with Gasteiger partial charge in [0, 0.05) is 7.05 Å². The van der Waals surface area contributed by atoms with Crippen molar-refractivity contribution in [3.05, 3.63) is 40.8 Å². The van der Waals surface area contributed by atoms with Crippen LogP contribution in [-0.2, 0) is 17.1 Å². The van der Waals surface area contributed by atoms with Gasteiger partial charge in [-0.3, -0.25) is 4.72 Å². The van der Waals surface area contributed by atoms with E-state index in [2.05, 4.69) is 9.71 Å². The van der Waals surface area contributed by atoms with Gasteiger partial charge in [0.2, 0.25) is 5.03 Å². The smallest absolute Gasteiger partial charge is 0.282 e. The lowest BCUT2D eigenvalue weighted by Crippen LogP contribution is -2.15. The van der Waals surface area contributed by atoms with Crippen LogP contribution in [0.5, 0.6) is 0 Å². The minimum absolute atomic E-state index is 0.0813. The van der Waals surface area contributed by atoms with E-state index in [9.17, 15) is 8.42 Å². The standard InChI is InChI=1S/C12H14ClN3O2S/c1-8-5-4-6-10(9(8)2)15-19(17,18)12-11(13)16(3)7-14-12/h4-7,15H,1-3H3. The first-order valence-corrected chi connectivity index (χ1v) is 7.45. The normalized spacial score (nSPS) is 11.6. The number of rotatable bonds is 3. The molecule has 1 aromatic carbocycles. The highest BCUT2D eigenvalue weighted by Crippen LogP contribution is 2.24. The predicted octanol–water partition coefficient (Wildman–Crippen LogP) is 2.49. The van der Waals surface area contributed by atoms with E-state index in [1.165, 1.54) is 10.9 Å². The Morgan fingerprint density at radius 3 is 2.58 bits per heavy atom. The van der Waals surface area contributed by atoms with Crippen LogP contribution in [-0.4, -0.2) is 18.0 Å². The second-order valence-electron chi connectivity index (χ2n) is 4.30. The van der Waals surface area contributed by atoms with Crippen molar-refractivity contribution in [2.45, 2.75) is 18.9 Å². The molecule has 7 heteroatoms. The zero-order valence-electron chi connectivity index (χ0n) is 10.8. The molecule has 0 radical (unpaired) electrons. The summed E-state index contributed by atoms with van der Waals surface area (Å²) < 4.78 is 28.4. The van der Waals surface area contributed by atoms with E-state index >= 15 is 0 Å². The molecule has 2 aromatic rings. The number of sulfonamides is 1. The summed E-state index contributed by atoms with van der Waals surface area (Å²) in [5, 5.41) is -0.0876. The van der Waals surface area contributed by atoms with Crippen LogP contribution >= 0.6 is 11.6 Å². The van der Waals surface area contributed by atoms with Crippen LogP contribution in [0.15, 0.2) is 29.6 Å². The average Bonchev–Trinajstić information content (AvgIpc) is 2.66. The molecule has 0 aliphatic rings. The molecule has 19 heavy (non-hydrogen) atoms. The van der Waals surface area contributed by atoms with Gasteiger partial charge in [-0.25, -0.2) is 4.98 Å². The summed E-state index contributed by atoms with van der Waals surface area (Å²) in [7, 11) is -2.15. The zero-order valence-corrected chi connectivity index (χ0v) is 12.4. The summed E-state index contributed by atoms with van der Waals surface area (Å²) in [6.45, 7) is 3.77. The lowest BCUT2D eigenvalue weighted by molar-refractivity contribution is 0.598. The van der Waals surface area contributed by atoms with Crippen molar-refractivity contribution in [1.29, 1.82) is 0 Å². The largest absolute Gasteiger partial charge is 0.324 e. The van der Waals surface area contributed by atoms with Gasteiger partial charge in [-0.05, 0) is 31.0 Å². The van der Waals surface area contributed by atoms with E-state index in [1.54, 1.807) is 19.2 Å². The molecule has 1 heterocycles. The quantitative estimate of drug-likeness (QED) is 0.947. The SMILES string of the molecule is Cc1cccc(NS(=O)(=O)c2ncn(C)c2Cl)c1C. The van der Waals surface area contributed by atoms with Crippen molar-refractivity contribution in [2.24, 2.45) is 7.05 Å². The lowest BCUT2D eigenvalue weighted by Gasteiger charge is -2.11.